The highest BCUT2D eigenvalue weighted by molar-refractivity contribution is 6.04. The third kappa shape index (κ3) is 7.18. The maximum absolute atomic E-state index is 10.3. The van der Waals surface area contributed by atoms with Gasteiger partial charge in [-0.25, -0.2) is 9.59 Å². The second kappa shape index (κ2) is 7.49. The summed E-state index contributed by atoms with van der Waals surface area (Å²) in [5.74, 6) is -1.36. The average molecular weight is 212 g/mol. The molecule has 0 aliphatic carbocycles. The third-order valence-electron chi connectivity index (χ3n) is 1.17. The average Bonchev–Trinajstić information content (AvgIpc) is 2.52. The van der Waals surface area contributed by atoms with E-state index in [0.29, 0.717) is 13.0 Å². The van der Waals surface area contributed by atoms with Crippen molar-refractivity contribution in [2.75, 3.05) is 6.61 Å². The smallest absolute Gasteiger partial charge is 0.338 e. The minimum Gasteiger partial charge on any atom is -0.466 e. The van der Waals surface area contributed by atoms with Crippen LogP contribution in [-0.4, -0.2) is 24.5 Å². The topological polar surface area (TPSA) is 69.7 Å². The van der Waals surface area contributed by atoms with Gasteiger partial charge >= 0.3 is 17.9 Å². The lowest BCUT2D eigenvalue weighted by molar-refractivity contribution is -0.150. The number of rotatable bonds is 3. The number of carbonyl (C=O) groups excluding carboxylic acids is 3. The largest absolute Gasteiger partial charge is 0.466 e. The summed E-state index contributed by atoms with van der Waals surface area (Å²) in [4.78, 5) is 30.2. The van der Waals surface area contributed by atoms with Crippen LogP contribution >= 0.6 is 0 Å². The van der Waals surface area contributed by atoms with Crippen LogP contribution in [0.25, 0.3) is 0 Å². The first-order chi connectivity index (χ1) is 7.10. The van der Waals surface area contributed by atoms with E-state index in [4.69, 9.17) is 0 Å². The quantitative estimate of drug-likeness (QED) is 0.392. The Bertz CT molecular complexity index is 274. The molecule has 0 aromatic rings. The summed E-state index contributed by atoms with van der Waals surface area (Å²) >= 11 is 0. The van der Waals surface area contributed by atoms with Crippen LogP contribution in [0, 0.1) is 0 Å². The van der Waals surface area contributed by atoms with Crippen molar-refractivity contribution < 1.29 is 23.9 Å². The van der Waals surface area contributed by atoms with Crippen LogP contribution in [0.1, 0.15) is 13.3 Å². The molecule has 1 aliphatic rings. The first kappa shape index (κ1) is 13.1. The normalized spacial score (nSPS) is 12.6. The Balaban J connectivity index is 0.000000262. The van der Waals surface area contributed by atoms with Crippen molar-refractivity contribution >= 4 is 17.9 Å². The van der Waals surface area contributed by atoms with Gasteiger partial charge in [-0.15, -0.1) is 6.58 Å². The van der Waals surface area contributed by atoms with E-state index in [-0.39, 0.29) is 5.97 Å². The molecule has 0 spiro atoms. The zero-order chi connectivity index (χ0) is 11.7. The Morgan fingerprint density at radius 3 is 2.27 bits per heavy atom. The fourth-order valence-corrected chi connectivity index (χ4v) is 0.641. The van der Waals surface area contributed by atoms with Gasteiger partial charge in [-0.05, 0) is 6.92 Å². The van der Waals surface area contributed by atoms with Crippen molar-refractivity contribution in [3.63, 3.8) is 0 Å². The van der Waals surface area contributed by atoms with Gasteiger partial charge in [0.1, 0.15) is 0 Å². The summed E-state index contributed by atoms with van der Waals surface area (Å²) in [6, 6.07) is 0. The Kier molecular flexibility index (Phi) is 6.54. The predicted molar refractivity (Wildman–Crippen MR) is 51.7 cm³/mol. The third-order valence-corrected chi connectivity index (χ3v) is 1.17. The van der Waals surface area contributed by atoms with Crippen LogP contribution in [0.3, 0.4) is 0 Å². The van der Waals surface area contributed by atoms with Crippen molar-refractivity contribution in [2.45, 2.75) is 13.3 Å². The molecule has 0 unspecified atom stereocenters. The van der Waals surface area contributed by atoms with Gasteiger partial charge in [0.2, 0.25) is 0 Å². The molecule has 5 nitrogen and oxygen atoms in total. The molecule has 0 bridgehead atoms. The Labute approximate surface area is 87.4 Å². The minimum atomic E-state index is -0.579. The molecule has 0 saturated carbocycles. The lowest BCUT2D eigenvalue weighted by Gasteiger charge is -1.94. The van der Waals surface area contributed by atoms with Gasteiger partial charge in [0.15, 0.2) is 0 Å². The zero-order valence-corrected chi connectivity index (χ0v) is 8.39. The van der Waals surface area contributed by atoms with Crippen molar-refractivity contribution in [3.05, 3.63) is 24.8 Å². The van der Waals surface area contributed by atoms with Gasteiger partial charge in [-0.1, -0.05) is 6.08 Å². The predicted octanol–water partition coefficient (Wildman–Crippen LogP) is 0.752. The minimum absolute atomic E-state index is 0.206. The molecule has 5 heteroatoms. The van der Waals surface area contributed by atoms with Crippen LogP contribution in [0.15, 0.2) is 24.8 Å². The molecule has 1 aliphatic heterocycles. The zero-order valence-electron chi connectivity index (χ0n) is 8.39. The molecule has 15 heavy (non-hydrogen) atoms. The van der Waals surface area contributed by atoms with Crippen LogP contribution in [0.2, 0.25) is 0 Å². The lowest BCUT2D eigenvalue weighted by Crippen LogP contribution is -2.00. The number of cyclic esters (lactones) is 2. The number of ether oxygens (including phenoxy) is 2. The van der Waals surface area contributed by atoms with Crippen molar-refractivity contribution in [2.24, 2.45) is 0 Å². The lowest BCUT2D eigenvalue weighted by atomic mass is 10.4. The van der Waals surface area contributed by atoms with E-state index in [9.17, 15) is 14.4 Å². The molecule has 1 rings (SSSR count). The molecule has 0 amide bonds. The summed E-state index contributed by atoms with van der Waals surface area (Å²) in [6.45, 7) is 5.61. The first-order valence-corrected chi connectivity index (χ1v) is 4.30. The second-order valence-corrected chi connectivity index (χ2v) is 2.37. The molecule has 0 aromatic heterocycles. The maximum Gasteiger partial charge on any atom is 0.338 e. The van der Waals surface area contributed by atoms with E-state index in [0.717, 1.165) is 12.2 Å². The molecule has 0 radical (unpaired) electrons. The van der Waals surface area contributed by atoms with Gasteiger partial charge in [0, 0.05) is 12.2 Å². The van der Waals surface area contributed by atoms with Crippen LogP contribution in [-0.2, 0) is 23.9 Å². The Morgan fingerprint density at radius 2 is 2.00 bits per heavy atom. The number of hydrogen-bond acceptors (Lipinski definition) is 5. The molecule has 0 atom stereocenters. The second-order valence-electron chi connectivity index (χ2n) is 2.37. The number of carbonyl (C=O) groups is 3. The summed E-state index contributed by atoms with van der Waals surface area (Å²) in [5, 5.41) is 0. The van der Waals surface area contributed by atoms with E-state index in [2.05, 4.69) is 16.1 Å². The highest BCUT2D eigenvalue weighted by Gasteiger charge is 2.10. The maximum atomic E-state index is 10.3. The summed E-state index contributed by atoms with van der Waals surface area (Å²) in [5.41, 5.74) is 0. The van der Waals surface area contributed by atoms with Crippen molar-refractivity contribution in [1.29, 1.82) is 0 Å². The van der Waals surface area contributed by atoms with Gasteiger partial charge in [0.05, 0.1) is 13.0 Å². The Morgan fingerprint density at radius 1 is 1.47 bits per heavy atom. The first-order valence-electron chi connectivity index (χ1n) is 4.30. The molecule has 0 aromatic carbocycles. The summed E-state index contributed by atoms with van der Waals surface area (Å²) in [6.07, 6.45) is 4.01. The van der Waals surface area contributed by atoms with Gasteiger partial charge in [-0.2, -0.15) is 0 Å². The van der Waals surface area contributed by atoms with Crippen LogP contribution in [0.4, 0.5) is 0 Å². The Hall–Kier alpha value is -1.91. The van der Waals surface area contributed by atoms with E-state index in [1.807, 2.05) is 0 Å². The van der Waals surface area contributed by atoms with Gasteiger partial charge in [0.25, 0.3) is 0 Å². The highest BCUT2D eigenvalue weighted by Crippen LogP contribution is 1.92. The van der Waals surface area contributed by atoms with E-state index in [1.165, 1.54) is 6.08 Å². The summed E-state index contributed by atoms with van der Waals surface area (Å²) in [7, 11) is 0. The van der Waals surface area contributed by atoms with E-state index >= 15 is 0 Å². The van der Waals surface area contributed by atoms with Crippen molar-refractivity contribution in [3.8, 4) is 0 Å². The van der Waals surface area contributed by atoms with Crippen molar-refractivity contribution in [1.82, 2.24) is 0 Å². The van der Waals surface area contributed by atoms with E-state index < -0.39 is 11.9 Å². The van der Waals surface area contributed by atoms with Crippen LogP contribution in [0.5, 0.6) is 0 Å². The SMILES string of the molecule is C=CCC(=O)OCC.O=C1C=CC(=O)O1. The standard InChI is InChI=1S/C6H10O2.C4H2O3/c1-3-5-6(7)8-4-2;5-3-1-2-4(6)7-3/h3H,1,4-5H2,2H3;1-2H. The van der Waals surface area contributed by atoms with Crippen LogP contribution < -0.4 is 0 Å². The molecule has 0 N–H and O–H groups in total. The monoisotopic (exact) mass is 212 g/mol. The molecule has 1 heterocycles. The number of hydrogen-bond donors (Lipinski definition) is 0. The molecular weight excluding hydrogens is 200 g/mol. The summed E-state index contributed by atoms with van der Waals surface area (Å²) < 4.78 is 8.54. The fraction of sp³-hybridized carbons (Fsp3) is 0.300. The molecular formula is C10H12O5. The van der Waals surface area contributed by atoms with Gasteiger partial charge in [-0.3, -0.25) is 4.79 Å². The number of esters is 3. The fourth-order valence-electron chi connectivity index (χ4n) is 0.641. The van der Waals surface area contributed by atoms with E-state index in [1.54, 1.807) is 6.92 Å². The molecule has 0 fully saturated rings. The van der Waals surface area contributed by atoms with Gasteiger partial charge < -0.3 is 9.47 Å². The highest BCUT2D eigenvalue weighted by atomic mass is 16.6. The molecule has 0 saturated heterocycles. The molecule has 82 valence electrons.